The first-order chi connectivity index (χ1) is 11.7. The van der Waals surface area contributed by atoms with E-state index in [-0.39, 0.29) is 24.1 Å². The Kier molecular flexibility index (Phi) is 4.30. The van der Waals surface area contributed by atoms with E-state index in [2.05, 4.69) is 0 Å². The minimum Gasteiger partial charge on any atom is -0.469 e. The third kappa shape index (κ3) is 2.52. The topological polar surface area (TPSA) is 60.4 Å². The maximum Gasteiger partial charge on any atom is 0.305 e. The van der Waals surface area contributed by atoms with E-state index in [1.54, 1.807) is 13.0 Å². The van der Waals surface area contributed by atoms with Crippen molar-refractivity contribution in [3.05, 3.63) is 35.5 Å². The van der Waals surface area contributed by atoms with Gasteiger partial charge < -0.3 is 4.74 Å². The van der Waals surface area contributed by atoms with Gasteiger partial charge in [0.15, 0.2) is 17.2 Å². The number of fused-ring (bicyclic) bond motifs is 3. The van der Waals surface area contributed by atoms with E-state index in [9.17, 15) is 14.4 Å². The van der Waals surface area contributed by atoms with Crippen molar-refractivity contribution >= 4 is 17.5 Å². The van der Waals surface area contributed by atoms with E-state index >= 15 is 4.39 Å². The van der Waals surface area contributed by atoms with Crippen LogP contribution >= 0.6 is 0 Å². The van der Waals surface area contributed by atoms with E-state index in [4.69, 9.17) is 4.74 Å². The highest BCUT2D eigenvalue weighted by molar-refractivity contribution is 6.04. The first-order valence-electron chi connectivity index (χ1n) is 8.66. The Morgan fingerprint density at radius 2 is 2.08 bits per heavy atom. The van der Waals surface area contributed by atoms with Crippen molar-refractivity contribution in [2.75, 3.05) is 7.11 Å². The van der Waals surface area contributed by atoms with Crippen molar-refractivity contribution in [1.29, 1.82) is 0 Å². The Bertz CT molecular complexity index is 732. The number of esters is 1. The molecule has 0 bridgehead atoms. The molecule has 1 fully saturated rings. The summed E-state index contributed by atoms with van der Waals surface area (Å²) in [6.07, 6.45) is 7.49. The molecule has 4 atom stereocenters. The molecule has 25 heavy (non-hydrogen) atoms. The minimum absolute atomic E-state index is 0.160. The van der Waals surface area contributed by atoms with E-state index < -0.39 is 22.8 Å². The normalized spacial score (nSPS) is 37.0. The number of carbonyl (C=O) groups excluding carboxylic acids is 3. The summed E-state index contributed by atoms with van der Waals surface area (Å²) in [7, 11) is 1.33. The molecule has 0 unspecified atom stereocenters. The highest BCUT2D eigenvalue weighted by Gasteiger charge is 2.64. The summed E-state index contributed by atoms with van der Waals surface area (Å²) in [6.45, 7) is 3.53. The first kappa shape index (κ1) is 17.8. The molecule has 0 heterocycles. The summed E-state index contributed by atoms with van der Waals surface area (Å²) >= 11 is 0. The molecule has 5 heteroatoms. The summed E-state index contributed by atoms with van der Waals surface area (Å²) in [4.78, 5) is 36.0. The predicted molar refractivity (Wildman–Crippen MR) is 90.4 cm³/mol. The molecule has 0 spiro atoms. The Hall–Kier alpha value is -2.04. The first-order valence-corrected chi connectivity index (χ1v) is 8.66. The molecule has 0 aromatic rings. The summed E-state index contributed by atoms with van der Waals surface area (Å²) < 4.78 is 21.1. The van der Waals surface area contributed by atoms with Crippen LogP contribution in [-0.4, -0.2) is 30.3 Å². The summed E-state index contributed by atoms with van der Waals surface area (Å²) in [5.41, 5.74) is -1.69. The van der Waals surface area contributed by atoms with Gasteiger partial charge in [0.25, 0.3) is 0 Å². The minimum atomic E-state index is -2.09. The van der Waals surface area contributed by atoms with Crippen LogP contribution in [0.5, 0.6) is 0 Å². The van der Waals surface area contributed by atoms with Gasteiger partial charge in [-0.15, -0.1) is 0 Å². The molecule has 3 aliphatic carbocycles. The summed E-state index contributed by atoms with van der Waals surface area (Å²) in [6, 6.07) is 0. The zero-order valence-corrected chi connectivity index (χ0v) is 14.8. The van der Waals surface area contributed by atoms with Crippen LogP contribution < -0.4 is 0 Å². The van der Waals surface area contributed by atoms with Crippen LogP contribution in [0.15, 0.2) is 35.5 Å². The Labute approximate surface area is 146 Å². The van der Waals surface area contributed by atoms with E-state index in [1.807, 2.05) is 6.92 Å². The van der Waals surface area contributed by atoms with Gasteiger partial charge in [0.2, 0.25) is 0 Å². The molecular weight excluding hydrogens is 323 g/mol. The average molecular weight is 346 g/mol. The lowest BCUT2D eigenvalue weighted by molar-refractivity contribution is -0.145. The molecule has 4 nitrogen and oxygen atoms in total. The van der Waals surface area contributed by atoms with Crippen LogP contribution in [0.3, 0.4) is 0 Å². The molecule has 0 N–H and O–H groups in total. The molecule has 0 radical (unpaired) electrons. The maximum atomic E-state index is 16.4. The zero-order chi connectivity index (χ0) is 18.4. The third-order valence-corrected chi connectivity index (χ3v) is 6.23. The number of allylic oxidation sites excluding steroid dienone is 6. The number of hydrogen-bond donors (Lipinski definition) is 0. The number of halogens is 1. The predicted octanol–water partition coefficient (Wildman–Crippen LogP) is 3.27. The second-order valence-electron chi connectivity index (χ2n) is 7.44. The van der Waals surface area contributed by atoms with Gasteiger partial charge in [-0.2, -0.15) is 0 Å². The molecule has 0 aromatic carbocycles. The quantitative estimate of drug-likeness (QED) is 0.736. The number of rotatable bonds is 3. The Morgan fingerprint density at radius 1 is 1.36 bits per heavy atom. The fourth-order valence-corrected chi connectivity index (χ4v) is 4.76. The Balaban J connectivity index is 2.02. The number of methoxy groups -OCH3 is 1. The smallest absolute Gasteiger partial charge is 0.305 e. The second kappa shape index (κ2) is 6.04. The van der Waals surface area contributed by atoms with Crippen LogP contribution in [0.1, 0.15) is 39.5 Å². The number of ketones is 2. The van der Waals surface area contributed by atoms with Gasteiger partial charge in [-0.3, -0.25) is 14.4 Å². The Morgan fingerprint density at radius 3 is 2.76 bits per heavy atom. The number of ether oxygens (including phenoxy) is 1. The molecule has 3 rings (SSSR count). The molecule has 134 valence electrons. The van der Waals surface area contributed by atoms with Gasteiger partial charge in [-0.25, -0.2) is 4.39 Å². The highest BCUT2D eigenvalue weighted by Crippen LogP contribution is 2.60. The lowest BCUT2D eigenvalue weighted by Gasteiger charge is -2.54. The average Bonchev–Trinajstić information content (AvgIpc) is 2.57. The van der Waals surface area contributed by atoms with Crippen LogP contribution in [-0.2, 0) is 19.1 Å². The van der Waals surface area contributed by atoms with E-state index in [1.165, 1.54) is 25.3 Å². The van der Waals surface area contributed by atoms with Crippen LogP contribution in [0, 0.1) is 17.3 Å². The molecule has 0 amide bonds. The van der Waals surface area contributed by atoms with Crippen molar-refractivity contribution in [2.24, 2.45) is 17.3 Å². The molecule has 0 saturated heterocycles. The summed E-state index contributed by atoms with van der Waals surface area (Å²) in [5.74, 6) is -1.72. The SMILES string of the molecule is COC(=O)CC[C@@H]1C(C)=CC(=O)[C@@]2(F)[C@H]1CCC1=CC(=O)C=C[C@@]12C. The molecule has 0 aliphatic heterocycles. The van der Waals surface area contributed by atoms with Gasteiger partial charge in [0.05, 0.1) is 7.11 Å². The molecular formula is C20H23FO4. The fraction of sp³-hybridized carbons (Fsp3) is 0.550. The van der Waals surface area contributed by atoms with Crippen molar-refractivity contribution in [2.45, 2.75) is 45.2 Å². The maximum absolute atomic E-state index is 16.4. The lowest BCUT2D eigenvalue weighted by Crippen LogP contribution is -2.60. The molecule has 3 aliphatic rings. The van der Waals surface area contributed by atoms with Gasteiger partial charge in [0, 0.05) is 17.8 Å². The zero-order valence-electron chi connectivity index (χ0n) is 14.8. The number of alkyl halides is 1. The standard InChI is InChI=1S/C20H23FO4/c1-12-10-17(23)20(21)16(15(12)5-7-18(24)25-3)6-4-13-11-14(22)8-9-19(13,20)2/h8-11,15-16H,4-7H2,1-3H3/t15-,16+,19+,20+/m1/s1. The highest BCUT2D eigenvalue weighted by atomic mass is 19.1. The van der Waals surface area contributed by atoms with Crippen LogP contribution in [0.4, 0.5) is 4.39 Å². The van der Waals surface area contributed by atoms with E-state index in [0.717, 1.165) is 5.57 Å². The lowest BCUT2D eigenvalue weighted by atomic mass is 9.50. The fourth-order valence-electron chi connectivity index (χ4n) is 4.76. The van der Waals surface area contributed by atoms with Gasteiger partial charge in [0.1, 0.15) is 0 Å². The third-order valence-electron chi connectivity index (χ3n) is 6.23. The molecule has 1 saturated carbocycles. The second-order valence-corrected chi connectivity index (χ2v) is 7.44. The number of hydrogen-bond acceptors (Lipinski definition) is 4. The van der Waals surface area contributed by atoms with Gasteiger partial charge >= 0.3 is 5.97 Å². The van der Waals surface area contributed by atoms with Gasteiger partial charge in [-0.1, -0.05) is 17.2 Å². The summed E-state index contributed by atoms with van der Waals surface area (Å²) in [5, 5.41) is 0. The van der Waals surface area contributed by atoms with Crippen molar-refractivity contribution in [3.8, 4) is 0 Å². The largest absolute Gasteiger partial charge is 0.469 e. The van der Waals surface area contributed by atoms with E-state index in [0.29, 0.717) is 24.8 Å². The van der Waals surface area contributed by atoms with Crippen LogP contribution in [0.25, 0.3) is 0 Å². The van der Waals surface area contributed by atoms with Gasteiger partial charge in [-0.05, 0) is 57.3 Å². The van der Waals surface area contributed by atoms with Crippen molar-refractivity contribution in [3.63, 3.8) is 0 Å². The van der Waals surface area contributed by atoms with Crippen LogP contribution in [0.2, 0.25) is 0 Å². The van der Waals surface area contributed by atoms with Crippen molar-refractivity contribution in [1.82, 2.24) is 0 Å². The monoisotopic (exact) mass is 346 g/mol. The number of carbonyl (C=O) groups is 3. The van der Waals surface area contributed by atoms with Crippen molar-refractivity contribution < 1.29 is 23.5 Å². The molecule has 0 aromatic heterocycles.